The fourth-order valence-corrected chi connectivity index (χ4v) is 6.47. The molecule has 0 saturated carbocycles. The van der Waals surface area contributed by atoms with E-state index in [-0.39, 0.29) is 29.0 Å². The average molecular weight is 496 g/mol. The molecule has 174 valence electrons. The van der Waals surface area contributed by atoms with Crippen LogP contribution < -0.4 is 10.2 Å². The number of para-hydroxylation sites is 1. The number of anilines is 2. The monoisotopic (exact) mass is 495 g/mol. The first kappa shape index (κ1) is 22.7. The summed E-state index contributed by atoms with van der Waals surface area (Å²) in [4.78, 5) is 29.8. The van der Waals surface area contributed by atoms with Gasteiger partial charge in [0.15, 0.2) is 4.87 Å². The molecule has 1 fully saturated rings. The topological polar surface area (TPSA) is 52.7 Å². The molecule has 2 heterocycles. The highest BCUT2D eigenvalue weighted by atomic mass is 35.5. The van der Waals surface area contributed by atoms with Gasteiger partial charge in [-0.1, -0.05) is 41.9 Å². The molecule has 3 aromatic carbocycles. The van der Waals surface area contributed by atoms with Gasteiger partial charge >= 0.3 is 6.03 Å². The van der Waals surface area contributed by atoms with Crippen molar-refractivity contribution in [2.24, 2.45) is 0 Å². The van der Waals surface area contributed by atoms with Gasteiger partial charge in [0.25, 0.3) is 5.91 Å². The van der Waals surface area contributed by atoms with Crippen LogP contribution >= 0.6 is 23.4 Å². The first-order valence-electron chi connectivity index (χ1n) is 10.9. The number of nitrogens with zero attached hydrogens (tertiary/aromatic N) is 2. The van der Waals surface area contributed by atoms with Crippen molar-refractivity contribution in [3.8, 4) is 0 Å². The second-order valence-electron chi connectivity index (χ2n) is 9.06. The number of carbonyl (C=O) groups excluding carboxylic acids is 2. The number of benzene rings is 3. The number of halogens is 2. The fourth-order valence-electron chi connectivity index (χ4n) is 4.61. The van der Waals surface area contributed by atoms with Crippen LogP contribution in [0.25, 0.3) is 0 Å². The number of hydrogen-bond donors (Lipinski definition) is 1. The van der Waals surface area contributed by atoms with Crippen molar-refractivity contribution < 1.29 is 14.0 Å². The summed E-state index contributed by atoms with van der Waals surface area (Å²) in [6.07, 6.45) is 0. The van der Waals surface area contributed by atoms with Crippen LogP contribution in [0.3, 0.4) is 0 Å². The zero-order valence-electron chi connectivity index (χ0n) is 18.7. The van der Waals surface area contributed by atoms with Gasteiger partial charge in [-0.05, 0) is 61.9 Å². The number of thioether (sulfide) groups is 1. The van der Waals surface area contributed by atoms with E-state index in [4.69, 9.17) is 11.6 Å². The quantitative estimate of drug-likeness (QED) is 0.468. The van der Waals surface area contributed by atoms with Crippen LogP contribution in [-0.4, -0.2) is 28.1 Å². The van der Waals surface area contributed by atoms with E-state index in [0.29, 0.717) is 17.3 Å². The smallest absolute Gasteiger partial charge is 0.308 e. The van der Waals surface area contributed by atoms with Crippen molar-refractivity contribution in [3.63, 3.8) is 0 Å². The molecule has 1 N–H and O–H groups in total. The van der Waals surface area contributed by atoms with Gasteiger partial charge < -0.3 is 10.2 Å². The molecule has 34 heavy (non-hydrogen) atoms. The third-order valence-corrected chi connectivity index (χ3v) is 7.88. The summed E-state index contributed by atoms with van der Waals surface area (Å²) in [5.74, 6) is -0.508. The standard InChI is InChI=1S/C26H23ClFN3O2S/c1-25(2)16-31(24(33)29-20-13-9-18(27)10-14-20)26(34-25)21-5-3-4-6-22(21)30(23(26)32)15-17-7-11-19(28)12-8-17/h3-14H,15-16H2,1-2H3,(H,29,33)/t26-/m1/s1. The molecule has 5 nitrogen and oxygen atoms in total. The van der Waals surface area contributed by atoms with E-state index in [1.165, 1.54) is 23.9 Å². The first-order valence-corrected chi connectivity index (χ1v) is 12.1. The number of hydrogen-bond acceptors (Lipinski definition) is 3. The van der Waals surface area contributed by atoms with E-state index in [2.05, 4.69) is 5.32 Å². The third kappa shape index (κ3) is 3.83. The van der Waals surface area contributed by atoms with E-state index in [9.17, 15) is 14.0 Å². The van der Waals surface area contributed by atoms with Gasteiger partial charge in [0.2, 0.25) is 0 Å². The molecule has 3 amide bonds. The lowest BCUT2D eigenvalue weighted by Gasteiger charge is -2.33. The molecule has 0 radical (unpaired) electrons. The maximum atomic E-state index is 14.1. The number of urea groups is 1. The minimum atomic E-state index is -1.20. The Morgan fingerprint density at radius 1 is 1.06 bits per heavy atom. The van der Waals surface area contributed by atoms with Crippen LogP contribution in [0, 0.1) is 5.82 Å². The summed E-state index contributed by atoms with van der Waals surface area (Å²) >= 11 is 7.47. The zero-order valence-corrected chi connectivity index (χ0v) is 20.3. The summed E-state index contributed by atoms with van der Waals surface area (Å²) in [5, 5.41) is 3.50. The molecule has 0 unspecified atom stereocenters. The normalized spacial score (nSPS) is 20.6. The second kappa shape index (κ2) is 8.32. The molecule has 2 aliphatic heterocycles. The van der Waals surface area contributed by atoms with Gasteiger partial charge in [0.05, 0.1) is 12.2 Å². The molecule has 1 spiro atoms. The van der Waals surface area contributed by atoms with Gasteiger partial charge in [-0.15, -0.1) is 11.8 Å². The van der Waals surface area contributed by atoms with Crippen LogP contribution in [0.1, 0.15) is 25.0 Å². The maximum absolute atomic E-state index is 14.1. The highest BCUT2D eigenvalue weighted by Gasteiger charge is 2.63. The maximum Gasteiger partial charge on any atom is 0.323 e. The predicted molar refractivity (Wildman–Crippen MR) is 135 cm³/mol. The Kier molecular flexibility index (Phi) is 5.57. The average Bonchev–Trinajstić information content (AvgIpc) is 3.23. The molecule has 0 bridgehead atoms. The predicted octanol–water partition coefficient (Wildman–Crippen LogP) is 6.24. The summed E-state index contributed by atoms with van der Waals surface area (Å²) in [7, 11) is 0. The molecule has 2 aliphatic rings. The van der Waals surface area contributed by atoms with Gasteiger partial charge in [0.1, 0.15) is 5.82 Å². The third-order valence-electron chi connectivity index (χ3n) is 6.03. The van der Waals surface area contributed by atoms with Crippen molar-refractivity contribution in [3.05, 3.63) is 94.8 Å². The van der Waals surface area contributed by atoms with E-state index in [1.807, 2.05) is 38.1 Å². The zero-order chi connectivity index (χ0) is 24.1. The van der Waals surface area contributed by atoms with Crippen molar-refractivity contribution in [2.45, 2.75) is 30.0 Å². The Hall–Kier alpha value is -3.03. The summed E-state index contributed by atoms with van der Waals surface area (Å²) in [6, 6.07) is 20.2. The van der Waals surface area contributed by atoms with Crippen molar-refractivity contribution in [1.82, 2.24) is 4.90 Å². The van der Waals surface area contributed by atoms with Gasteiger partial charge in [0, 0.05) is 27.6 Å². The number of rotatable bonds is 3. The van der Waals surface area contributed by atoms with E-state index in [0.717, 1.165) is 16.8 Å². The first-order chi connectivity index (χ1) is 16.2. The van der Waals surface area contributed by atoms with Gasteiger partial charge in [-0.2, -0.15) is 0 Å². The Morgan fingerprint density at radius 3 is 2.44 bits per heavy atom. The molecule has 0 aromatic heterocycles. The minimum Gasteiger partial charge on any atom is -0.308 e. The van der Waals surface area contributed by atoms with E-state index in [1.54, 1.807) is 46.2 Å². The Bertz CT molecular complexity index is 1270. The van der Waals surface area contributed by atoms with Gasteiger partial charge in [-0.3, -0.25) is 9.69 Å². The fraction of sp³-hybridized carbons (Fsp3) is 0.231. The molecule has 5 rings (SSSR count). The van der Waals surface area contributed by atoms with Crippen molar-refractivity contribution in [2.75, 3.05) is 16.8 Å². The minimum absolute atomic E-state index is 0.181. The van der Waals surface area contributed by atoms with Crippen molar-refractivity contribution in [1.29, 1.82) is 0 Å². The van der Waals surface area contributed by atoms with Crippen molar-refractivity contribution >= 4 is 46.7 Å². The van der Waals surface area contributed by atoms with Crippen LogP contribution in [0.15, 0.2) is 72.8 Å². The van der Waals surface area contributed by atoms with Crippen LogP contribution in [-0.2, 0) is 16.2 Å². The number of nitrogens with one attached hydrogen (secondary N) is 1. The second-order valence-corrected chi connectivity index (χ2v) is 11.4. The van der Waals surface area contributed by atoms with Crippen LogP contribution in [0.2, 0.25) is 5.02 Å². The molecule has 1 saturated heterocycles. The number of carbonyl (C=O) groups is 2. The Morgan fingerprint density at radius 2 is 1.74 bits per heavy atom. The van der Waals surface area contributed by atoms with E-state index < -0.39 is 4.87 Å². The Labute approximate surface area is 206 Å². The molecule has 1 atom stereocenters. The van der Waals surface area contributed by atoms with Crippen LogP contribution in [0.4, 0.5) is 20.6 Å². The summed E-state index contributed by atoms with van der Waals surface area (Å²) in [6.45, 7) is 4.74. The number of fused-ring (bicyclic) bond motifs is 2. The van der Waals surface area contributed by atoms with Gasteiger partial charge in [-0.25, -0.2) is 9.18 Å². The largest absolute Gasteiger partial charge is 0.323 e. The lowest BCUT2D eigenvalue weighted by Crippen LogP contribution is -2.51. The molecular weight excluding hydrogens is 473 g/mol. The number of amides is 3. The lowest BCUT2D eigenvalue weighted by atomic mass is 10.1. The molecular formula is C26H23ClFN3O2S. The summed E-state index contributed by atoms with van der Waals surface area (Å²) in [5.41, 5.74) is 2.94. The Balaban J connectivity index is 1.55. The molecule has 3 aromatic rings. The lowest BCUT2D eigenvalue weighted by molar-refractivity contribution is -0.123. The highest BCUT2D eigenvalue weighted by molar-refractivity contribution is 8.02. The van der Waals surface area contributed by atoms with Crippen LogP contribution in [0.5, 0.6) is 0 Å². The SMILES string of the molecule is CC1(C)CN(C(=O)Nc2ccc(Cl)cc2)[C@]2(S1)C(=O)N(Cc1ccc(F)cc1)c1ccccc12. The summed E-state index contributed by atoms with van der Waals surface area (Å²) < 4.78 is 13.1. The van der Waals surface area contributed by atoms with E-state index >= 15 is 0 Å². The molecule has 8 heteroatoms. The molecule has 0 aliphatic carbocycles. The highest BCUT2D eigenvalue weighted by Crippen LogP contribution is 2.59.